The highest BCUT2D eigenvalue weighted by Crippen LogP contribution is 2.32. The number of halogens is 1. The lowest BCUT2D eigenvalue weighted by Gasteiger charge is -2.13. The topological polar surface area (TPSA) is 66.8 Å². The lowest BCUT2D eigenvalue weighted by atomic mass is 10.0. The number of carboxylic acid groups (broad SMARTS) is 1. The molecule has 1 rings (SSSR count). The van der Waals surface area contributed by atoms with E-state index in [4.69, 9.17) is 21.4 Å². The van der Waals surface area contributed by atoms with E-state index in [0.717, 1.165) is 11.6 Å². The maximum Gasteiger partial charge on any atom is 0.328 e. The van der Waals surface area contributed by atoms with Crippen LogP contribution in [0.4, 0.5) is 0 Å². The molecule has 0 atom stereocenters. The number of aryl methyl sites for hydroxylation is 1. The van der Waals surface area contributed by atoms with Crippen LogP contribution >= 0.6 is 11.6 Å². The van der Waals surface area contributed by atoms with Crippen molar-refractivity contribution in [2.45, 2.75) is 6.92 Å². The Labute approximate surface area is 104 Å². The van der Waals surface area contributed by atoms with Crippen molar-refractivity contribution in [2.24, 2.45) is 0 Å². The molecule has 0 aliphatic carbocycles. The molecular formula is C12H13ClO4. The molecule has 1 aromatic rings. The van der Waals surface area contributed by atoms with Crippen LogP contribution in [0.5, 0.6) is 5.75 Å². The van der Waals surface area contributed by atoms with Crippen molar-refractivity contribution in [1.82, 2.24) is 0 Å². The molecule has 0 unspecified atom stereocenters. The Hall–Kier alpha value is -1.52. The van der Waals surface area contributed by atoms with Crippen LogP contribution in [0.25, 0.3) is 5.57 Å². The molecule has 0 aliphatic rings. The fourth-order valence-electron chi connectivity index (χ4n) is 1.60. The first-order valence-electron chi connectivity index (χ1n) is 4.88. The van der Waals surface area contributed by atoms with Gasteiger partial charge >= 0.3 is 5.97 Å². The van der Waals surface area contributed by atoms with Crippen LogP contribution in [0.1, 0.15) is 11.1 Å². The Morgan fingerprint density at radius 3 is 2.65 bits per heavy atom. The summed E-state index contributed by atoms with van der Waals surface area (Å²) in [5.41, 5.74) is 1.52. The zero-order valence-electron chi connectivity index (χ0n) is 9.53. The minimum absolute atomic E-state index is 0.250. The molecular weight excluding hydrogens is 244 g/mol. The summed E-state index contributed by atoms with van der Waals surface area (Å²) in [5.74, 6) is -0.621. The number of carbonyl (C=O) groups is 1. The Balaban J connectivity index is 3.42. The van der Waals surface area contributed by atoms with Crippen LogP contribution in [-0.2, 0) is 4.79 Å². The highest BCUT2D eigenvalue weighted by Gasteiger charge is 2.13. The summed E-state index contributed by atoms with van der Waals surface area (Å²) in [6.07, 6.45) is 0.938. The monoisotopic (exact) mass is 256 g/mol. The molecule has 92 valence electrons. The van der Waals surface area contributed by atoms with E-state index in [0.29, 0.717) is 16.3 Å². The molecule has 4 nitrogen and oxygen atoms in total. The predicted molar refractivity (Wildman–Crippen MR) is 65.4 cm³/mol. The van der Waals surface area contributed by atoms with Gasteiger partial charge in [0.2, 0.25) is 0 Å². The van der Waals surface area contributed by atoms with Gasteiger partial charge < -0.3 is 14.9 Å². The first-order valence-corrected chi connectivity index (χ1v) is 5.26. The average molecular weight is 257 g/mol. The second-order valence-corrected chi connectivity index (χ2v) is 3.91. The molecule has 0 fully saturated rings. The minimum atomic E-state index is -1.13. The van der Waals surface area contributed by atoms with E-state index in [1.807, 2.05) is 0 Å². The predicted octanol–water partition coefficient (Wildman–Crippen LogP) is 2.12. The number of hydrogen-bond acceptors (Lipinski definition) is 3. The molecule has 5 heteroatoms. The zero-order chi connectivity index (χ0) is 13.0. The van der Waals surface area contributed by atoms with Crippen molar-refractivity contribution in [3.63, 3.8) is 0 Å². The van der Waals surface area contributed by atoms with Crippen LogP contribution in [0.3, 0.4) is 0 Å². The molecule has 0 spiro atoms. The summed E-state index contributed by atoms with van der Waals surface area (Å²) >= 11 is 5.90. The molecule has 0 heterocycles. The quantitative estimate of drug-likeness (QED) is 0.810. The number of rotatable bonds is 4. The first-order chi connectivity index (χ1) is 7.99. The van der Waals surface area contributed by atoms with Crippen molar-refractivity contribution in [3.8, 4) is 5.75 Å². The van der Waals surface area contributed by atoms with Crippen LogP contribution in [0, 0.1) is 6.92 Å². The smallest absolute Gasteiger partial charge is 0.328 e. The van der Waals surface area contributed by atoms with Crippen molar-refractivity contribution in [2.75, 3.05) is 13.7 Å². The average Bonchev–Trinajstić information content (AvgIpc) is 2.24. The SMILES string of the molecule is COc1c(C)cc(Cl)cc1/C(=C/C(=O)O)CO. The zero-order valence-corrected chi connectivity index (χ0v) is 10.3. The number of benzene rings is 1. The molecule has 0 saturated carbocycles. The highest BCUT2D eigenvalue weighted by molar-refractivity contribution is 6.31. The number of carboxylic acids is 1. The van der Waals surface area contributed by atoms with Gasteiger partial charge in [0.1, 0.15) is 5.75 Å². The van der Waals surface area contributed by atoms with Crippen LogP contribution in [-0.4, -0.2) is 29.9 Å². The number of methoxy groups -OCH3 is 1. The molecule has 0 amide bonds. The summed E-state index contributed by atoms with van der Waals surface area (Å²) in [6, 6.07) is 3.28. The summed E-state index contributed by atoms with van der Waals surface area (Å²) in [5, 5.41) is 18.4. The van der Waals surface area contributed by atoms with Crippen molar-refractivity contribution >= 4 is 23.1 Å². The number of aliphatic carboxylic acids is 1. The van der Waals surface area contributed by atoms with Crippen LogP contribution in [0.2, 0.25) is 5.02 Å². The van der Waals surface area contributed by atoms with E-state index >= 15 is 0 Å². The van der Waals surface area contributed by atoms with Gasteiger partial charge in [-0.05, 0) is 30.2 Å². The van der Waals surface area contributed by atoms with Crippen molar-refractivity contribution < 1.29 is 19.7 Å². The van der Waals surface area contributed by atoms with E-state index in [1.165, 1.54) is 7.11 Å². The highest BCUT2D eigenvalue weighted by atomic mass is 35.5. The van der Waals surface area contributed by atoms with Gasteiger partial charge in [0.15, 0.2) is 0 Å². The lowest BCUT2D eigenvalue weighted by Crippen LogP contribution is -2.00. The van der Waals surface area contributed by atoms with Gasteiger partial charge in [-0.25, -0.2) is 4.79 Å². The number of hydrogen-bond donors (Lipinski definition) is 2. The maximum absolute atomic E-state index is 10.7. The largest absolute Gasteiger partial charge is 0.496 e. The molecule has 0 radical (unpaired) electrons. The molecule has 2 N–H and O–H groups in total. The fraction of sp³-hybridized carbons (Fsp3) is 0.250. The first kappa shape index (κ1) is 13.5. The molecule has 0 saturated heterocycles. The third-order valence-corrected chi connectivity index (χ3v) is 2.48. The Morgan fingerprint density at radius 1 is 1.53 bits per heavy atom. The normalized spacial score (nSPS) is 11.4. The van der Waals surface area contributed by atoms with E-state index in [2.05, 4.69) is 0 Å². The second-order valence-electron chi connectivity index (χ2n) is 3.47. The van der Waals surface area contributed by atoms with E-state index in [-0.39, 0.29) is 5.57 Å². The van der Waals surface area contributed by atoms with Crippen LogP contribution in [0.15, 0.2) is 18.2 Å². The van der Waals surface area contributed by atoms with Crippen molar-refractivity contribution in [3.05, 3.63) is 34.4 Å². The Kier molecular flexibility index (Phi) is 4.54. The summed E-state index contributed by atoms with van der Waals surface area (Å²) < 4.78 is 5.19. The standard InChI is InChI=1S/C12H13ClO4/c1-7-3-9(13)5-10(12(7)17-2)8(6-14)4-11(15)16/h3-5,14H,6H2,1-2H3,(H,15,16)/b8-4+. The third-order valence-electron chi connectivity index (χ3n) is 2.26. The van der Waals surface area contributed by atoms with Gasteiger partial charge in [-0.15, -0.1) is 0 Å². The van der Waals surface area contributed by atoms with Crippen molar-refractivity contribution in [1.29, 1.82) is 0 Å². The van der Waals surface area contributed by atoms with E-state index in [9.17, 15) is 9.90 Å². The van der Waals surface area contributed by atoms with Gasteiger partial charge in [-0.1, -0.05) is 11.6 Å². The third kappa shape index (κ3) is 3.22. The van der Waals surface area contributed by atoms with Gasteiger partial charge in [-0.2, -0.15) is 0 Å². The number of aliphatic hydroxyl groups is 1. The fourth-order valence-corrected chi connectivity index (χ4v) is 1.87. The number of ether oxygens (including phenoxy) is 1. The maximum atomic E-state index is 10.7. The lowest BCUT2D eigenvalue weighted by molar-refractivity contribution is -0.131. The molecule has 0 aliphatic heterocycles. The van der Waals surface area contributed by atoms with Gasteiger partial charge in [-0.3, -0.25) is 0 Å². The van der Waals surface area contributed by atoms with Crippen LogP contribution < -0.4 is 4.74 Å². The molecule has 1 aromatic carbocycles. The van der Waals surface area contributed by atoms with Gasteiger partial charge in [0.05, 0.1) is 13.7 Å². The minimum Gasteiger partial charge on any atom is -0.496 e. The molecule has 0 bridgehead atoms. The number of aliphatic hydroxyl groups excluding tert-OH is 1. The summed E-state index contributed by atoms with van der Waals surface area (Å²) in [4.78, 5) is 10.7. The summed E-state index contributed by atoms with van der Waals surface area (Å²) in [6.45, 7) is 1.40. The van der Waals surface area contributed by atoms with Gasteiger partial charge in [0.25, 0.3) is 0 Å². The second kappa shape index (κ2) is 5.70. The Morgan fingerprint density at radius 2 is 2.18 bits per heavy atom. The van der Waals surface area contributed by atoms with E-state index < -0.39 is 12.6 Å². The van der Waals surface area contributed by atoms with E-state index in [1.54, 1.807) is 19.1 Å². The van der Waals surface area contributed by atoms with Gasteiger partial charge in [0, 0.05) is 16.7 Å². The Bertz CT molecular complexity index is 466. The summed E-state index contributed by atoms with van der Waals surface area (Å²) in [7, 11) is 1.48. The molecule has 17 heavy (non-hydrogen) atoms. The molecule has 0 aromatic heterocycles.